The molecule has 0 saturated heterocycles. The Labute approximate surface area is 152 Å². The molecule has 0 fully saturated rings. The smallest absolute Gasteiger partial charge is 0.343 e. The minimum atomic E-state index is -0.483. The zero-order valence-corrected chi connectivity index (χ0v) is 15.3. The van der Waals surface area contributed by atoms with Crippen molar-refractivity contribution in [2.45, 2.75) is 6.92 Å². The van der Waals surface area contributed by atoms with Gasteiger partial charge in [-0.3, -0.25) is 4.79 Å². The third-order valence-electron chi connectivity index (χ3n) is 3.76. The zero-order valence-electron chi connectivity index (χ0n) is 13.7. The summed E-state index contributed by atoms with van der Waals surface area (Å²) in [6.45, 7) is 1.54. The molecular formula is C19H15BrO5. The number of fused-ring (bicyclic) bond motifs is 1. The van der Waals surface area contributed by atoms with E-state index in [1.54, 1.807) is 25.1 Å². The van der Waals surface area contributed by atoms with E-state index in [0.29, 0.717) is 28.0 Å². The number of hydrogen-bond donors (Lipinski definition) is 0. The van der Waals surface area contributed by atoms with E-state index in [4.69, 9.17) is 9.15 Å². The van der Waals surface area contributed by atoms with Crippen molar-refractivity contribution in [2.75, 3.05) is 13.7 Å². The van der Waals surface area contributed by atoms with Crippen LogP contribution < -0.4 is 10.2 Å². The van der Waals surface area contributed by atoms with Crippen LogP contribution in [0.15, 0.2) is 56.1 Å². The molecule has 128 valence electrons. The van der Waals surface area contributed by atoms with E-state index in [1.807, 2.05) is 24.3 Å². The van der Waals surface area contributed by atoms with Crippen molar-refractivity contribution in [3.8, 4) is 16.9 Å². The van der Waals surface area contributed by atoms with E-state index in [2.05, 4.69) is 20.7 Å². The molecule has 0 radical (unpaired) electrons. The molecule has 0 spiro atoms. The first-order valence-corrected chi connectivity index (χ1v) is 8.32. The average molecular weight is 403 g/mol. The fourth-order valence-electron chi connectivity index (χ4n) is 2.53. The first-order valence-electron chi connectivity index (χ1n) is 7.52. The molecule has 0 bridgehead atoms. The molecule has 0 aliphatic heterocycles. The number of rotatable bonds is 4. The van der Waals surface area contributed by atoms with Crippen LogP contribution in [0.25, 0.3) is 22.1 Å². The molecule has 0 N–H and O–H groups in total. The van der Waals surface area contributed by atoms with Gasteiger partial charge in [0, 0.05) is 10.5 Å². The molecule has 0 amide bonds. The van der Waals surface area contributed by atoms with Crippen LogP contribution in [0.2, 0.25) is 0 Å². The molecule has 0 unspecified atom stereocenters. The average Bonchev–Trinajstić information content (AvgIpc) is 2.61. The van der Waals surface area contributed by atoms with Crippen LogP contribution in [-0.2, 0) is 9.53 Å². The second kappa shape index (κ2) is 7.11. The molecule has 3 aromatic rings. The Bertz CT molecular complexity index is 989. The van der Waals surface area contributed by atoms with Gasteiger partial charge in [-0.25, -0.2) is 4.79 Å². The number of carbonyl (C=O) groups excluding carboxylic acids is 1. The van der Waals surface area contributed by atoms with E-state index in [-0.39, 0.29) is 12.0 Å². The van der Waals surface area contributed by atoms with Gasteiger partial charge in [0.2, 0.25) is 5.43 Å². The molecule has 5 nitrogen and oxygen atoms in total. The van der Waals surface area contributed by atoms with E-state index < -0.39 is 5.97 Å². The van der Waals surface area contributed by atoms with E-state index >= 15 is 0 Å². The van der Waals surface area contributed by atoms with Crippen LogP contribution in [0.5, 0.6) is 5.75 Å². The van der Waals surface area contributed by atoms with Gasteiger partial charge in [0.15, 0.2) is 6.61 Å². The zero-order chi connectivity index (χ0) is 18.0. The first-order chi connectivity index (χ1) is 12.0. The van der Waals surface area contributed by atoms with E-state index in [1.165, 1.54) is 7.11 Å². The number of hydrogen-bond acceptors (Lipinski definition) is 5. The minimum Gasteiger partial charge on any atom is -0.482 e. The van der Waals surface area contributed by atoms with Crippen molar-refractivity contribution in [2.24, 2.45) is 0 Å². The van der Waals surface area contributed by atoms with Gasteiger partial charge in [0.1, 0.15) is 17.1 Å². The molecular weight excluding hydrogens is 388 g/mol. The van der Waals surface area contributed by atoms with Crippen LogP contribution in [0, 0.1) is 6.92 Å². The molecule has 25 heavy (non-hydrogen) atoms. The lowest BCUT2D eigenvalue weighted by Gasteiger charge is -2.09. The minimum absolute atomic E-state index is 0.111. The molecule has 0 saturated carbocycles. The Morgan fingerprint density at radius 1 is 1.16 bits per heavy atom. The molecule has 1 heterocycles. The summed E-state index contributed by atoms with van der Waals surface area (Å²) >= 11 is 3.38. The number of halogens is 1. The van der Waals surface area contributed by atoms with Crippen molar-refractivity contribution < 1.29 is 18.7 Å². The van der Waals surface area contributed by atoms with Gasteiger partial charge in [-0.15, -0.1) is 0 Å². The summed E-state index contributed by atoms with van der Waals surface area (Å²) in [7, 11) is 1.29. The standard InChI is InChI=1S/C19H15BrO5/c1-11-18(12-3-5-13(20)6-4-12)19(22)15-8-7-14(9-16(15)25-11)24-10-17(21)23-2/h3-9H,10H2,1-2H3. The third-order valence-corrected chi connectivity index (χ3v) is 4.29. The van der Waals surface area contributed by atoms with Gasteiger partial charge in [-0.1, -0.05) is 28.1 Å². The SMILES string of the molecule is COC(=O)COc1ccc2c(=O)c(-c3ccc(Br)cc3)c(C)oc2c1. The number of esters is 1. The van der Waals surface area contributed by atoms with Gasteiger partial charge >= 0.3 is 5.97 Å². The first kappa shape index (κ1) is 17.2. The van der Waals surface area contributed by atoms with Crippen LogP contribution >= 0.6 is 15.9 Å². The monoisotopic (exact) mass is 402 g/mol. The van der Waals surface area contributed by atoms with Crippen molar-refractivity contribution in [1.82, 2.24) is 0 Å². The lowest BCUT2D eigenvalue weighted by molar-refractivity contribution is -0.142. The summed E-state index contributed by atoms with van der Waals surface area (Å²) in [6.07, 6.45) is 0. The van der Waals surface area contributed by atoms with Crippen LogP contribution in [0.1, 0.15) is 5.76 Å². The van der Waals surface area contributed by atoms with Gasteiger partial charge in [0.25, 0.3) is 0 Å². The highest BCUT2D eigenvalue weighted by molar-refractivity contribution is 9.10. The lowest BCUT2D eigenvalue weighted by Crippen LogP contribution is -2.12. The Kier molecular flexibility index (Phi) is 4.90. The molecule has 2 aromatic carbocycles. The fraction of sp³-hybridized carbons (Fsp3) is 0.158. The number of carbonyl (C=O) groups is 1. The maximum absolute atomic E-state index is 12.9. The van der Waals surface area contributed by atoms with Crippen molar-refractivity contribution in [3.05, 3.63) is 62.9 Å². The highest BCUT2D eigenvalue weighted by Crippen LogP contribution is 2.27. The summed E-state index contributed by atoms with van der Waals surface area (Å²) in [4.78, 5) is 24.0. The molecule has 0 aliphatic carbocycles. The molecule has 0 aliphatic rings. The normalized spacial score (nSPS) is 10.7. The number of aryl methyl sites for hydroxylation is 1. The maximum Gasteiger partial charge on any atom is 0.343 e. The Balaban J connectivity index is 2.04. The number of methoxy groups -OCH3 is 1. The predicted octanol–water partition coefficient (Wildman–Crippen LogP) is 4.08. The summed E-state index contributed by atoms with van der Waals surface area (Å²) in [5.41, 5.74) is 1.62. The number of benzene rings is 2. The quantitative estimate of drug-likeness (QED) is 0.615. The topological polar surface area (TPSA) is 65.7 Å². The number of ether oxygens (including phenoxy) is 2. The van der Waals surface area contributed by atoms with E-state index in [0.717, 1.165) is 10.0 Å². The van der Waals surface area contributed by atoms with Crippen LogP contribution in [0.3, 0.4) is 0 Å². The van der Waals surface area contributed by atoms with Gasteiger partial charge in [-0.2, -0.15) is 0 Å². The second-order valence-electron chi connectivity index (χ2n) is 5.39. The Hall–Kier alpha value is -2.60. The Morgan fingerprint density at radius 2 is 1.88 bits per heavy atom. The molecule has 0 atom stereocenters. The summed E-state index contributed by atoms with van der Waals surface area (Å²) < 4.78 is 16.6. The second-order valence-corrected chi connectivity index (χ2v) is 6.31. The van der Waals surface area contributed by atoms with Gasteiger partial charge < -0.3 is 13.9 Å². The Morgan fingerprint density at radius 3 is 2.56 bits per heavy atom. The van der Waals surface area contributed by atoms with Gasteiger partial charge in [0.05, 0.1) is 18.1 Å². The predicted molar refractivity (Wildman–Crippen MR) is 97.9 cm³/mol. The third kappa shape index (κ3) is 3.58. The van der Waals surface area contributed by atoms with Crippen molar-refractivity contribution in [1.29, 1.82) is 0 Å². The van der Waals surface area contributed by atoms with Crippen LogP contribution in [0.4, 0.5) is 0 Å². The highest BCUT2D eigenvalue weighted by atomic mass is 79.9. The van der Waals surface area contributed by atoms with Crippen LogP contribution in [-0.4, -0.2) is 19.7 Å². The lowest BCUT2D eigenvalue weighted by atomic mass is 10.0. The molecule has 1 aromatic heterocycles. The van der Waals surface area contributed by atoms with Crippen molar-refractivity contribution in [3.63, 3.8) is 0 Å². The van der Waals surface area contributed by atoms with Crippen molar-refractivity contribution >= 4 is 32.9 Å². The maximum atomic E-state index is 12.9. The highest BCUT2D eigenvalue weighted by Gasteiger charge is 2.14. The summed E-state index contributed by atoms with van der Waals surface area (Å²) in [5.74, 6) is 0.463. The molecule has 6 heteroatoms. The largest absolute Gasteiger partial charge is 0.482 e. The summed E-state index contributed by atoms with van der Waals surface area (Å²) in [5, 5.41) is 0.453. The van der Waals surface area contributed by atoms with Gasteiger partial charge in [-0.05, 0) is 36.8 Å². The fourth-order valence-corrected chi connectivity index (χ4v) is 2.79. The van der Waals surface area contributed by atoms with E-state index in [9.17, 15) is 9.59 Å². The summed E-state index contributed by atoms with van der Waals surface area (Å²) in [6, 6.07) is 12.3. The molecule has 3 rings (SSSR count).